The fourth-order valence-electron chi connectivity index (χ4n) is 6.29. The first-order chi connectivity index (χ1) is 27.7. The molecule has 14 heteroatoms. The summed E-state index contributed by atoms with van der Waals surface area (Å²) in [6.45, 7) is -0.686. The number of carbonyl (C=O) groups excluding carboxylic acids is 5. The van der Waals surface area contributed by atoms with Gasteiger partial charge in [-0.2, -0.15) is 0 Å². The Hall–Kier alpha value is -7.45. The Balaban J connectivity index is 1.40. The van der Waals surface area contributed by atoms with Crippen LogP contribution in [0.2, 0.25) is 0 Å². The molecule has 57 heavy (non-hydrogen) atoms. The van der Waals surface area contributed by atoms with E-state index in [-0.39, 0.29) is 27.9 Å². The third-order valence-corrected chi connectivity index (χ3v) is 9.10. The summed E-state index contributed by atoms with van der Waals surface area (Å²) >= 11 is 0. The zero-order valence-corrected chi connectivity index (χ0v) is 30.0. The van der Waals surface area contributed by atoms with E-state index in [1.807, 2.05) is 0 Å². The molecular formula is C43H34N4O10. The molecule has 0 bridgehead atoms. The third kappa shape index (κ3) is 8.16. The minimum absolute atomic E-state index is 0.0457. The number of hydrogen-bond donors (Lipinski definition) is 1. The van der Waals surface area contributed by atoms with E-state index in [4.69, 9.17) is 29.4 Å². The van der Waals surface area contributed by atoms with Crippen LogP contribution in [0.25, 0.3) is 11.3 Å². The second-order valence-electron chi connectivity index (χ2n) is 12.8. The molecule has 2 N–H and O–H groups in total. The Bertz CT molecular complexity index is 2340. The van der Waals surface area contributed by atoms with Crippen molar-refractivity contribution in [1.29, 1.82) is 0 Å². The van der Waals surface area contributed by atoms with Crippen LogP contribution in [-0.2, 0) is 34.2 Å². The van der Waals surface area contributed by atoms with Crippen molar-refractivity contribution >= 4 is 29.8 Å². The molecule has 0 aliphatic carbocycles. The molecular weight excluding hydrogens is 732 g/mol. The number of benzene rings is 5. The van der Waals surface area contributed by atoms with Crippen LogP contribution in [0.4, 0.5) is 0 Å². The smallest absolute Gasteiger partial charge is 0.338 e. The maximum absolute atomic E-state index is 14.2. The normalized spacial score (nSPS) is 20.1. The monoisotopic (exact) mass is 766 g/mol. The van der Waals surface area contributed by atoms with E-state index in [1.54, 1.807) is 103 Å². The van der Waals surface area contributed by atoms with Crippen LogP contribution < -0.4 is 5.73 Å². The Morgan fingerprint density at radius 3 is 1.47 bits per heavy atom. The van der Waals surface area contributed by atoms with Gasteiger partial charge in [0.25, 0.3) is 11.6 Å². The lowest BCUT2D eigenvalue weighted by Gasteiger charge is -2.49. The summed E-state index contributed by atoms with van der Waals surface area (Å²) in [5, 5.41) is 8.46. The number of aromatic nitrogens is 3. The third-order valence-electron chi connectivity index (χ3n) is 9.10. The summed E-state index contributed by atoms with van der Waals surface area (Å²) in [5.74, 6) is -4.91. The van der Waals surface area contributed by atoms with E-state index in [0.717, 1.165) is 4.68 Å². The lowest BCUT2D eigenvalue weighted by atomic mass is 9.88. The Morgan fingerprint density at radius 1 is 0.579 bits per heavy atom. The summed E-state index contributed by atoms with van der Waals surface area (Å²) in [6.07, 6.45) is -5.89. The zero-order valence-electron chi connectivity index (χ0n) is 30.0. The molecule has 2 heterocycles. The lowest BCUT2D eigenvalue weighted by Crippen LogP contribution is -2.72. The standard InChI is InChI=1S/C43H34N4O10/c44-42(52)43(47-26-33(45-46-47)28-16-6-1-7-17-28)37(56-41(51)32-24-14-5-15-25-32)36(55-40(50)31-22-12-4-13-23-31)35(54-39(49)30-20-10-3-11-21-30)34(57-43)27-53-38(48)29-18-8-2-9-19-29/h1-26,34-37H,27H2,(H2,44,52)/t34-,35-,36+,37-,43+/m1/s1. The second kappa shape index (κ2) is 16.9. The van der Waals surface area contributed by atoms with Crippen LogP contribution in [-0.4, -0.2) is 75.8 Å². The molecule has 1 saturated heterocycles. The predicted octanol–water partition coefficient (Wildman–Crippen LogP) is 5.02. The molecule has 1 aromatic heterocycles. The number of carbonyl (C=O) groups is 5. The highest BCUT2D eigenvalue weighted by atomic mass is 16.7. The highest BCUT2D eigenvalue weighted by molar-refractivity contribution is 5.92. The minimum atomic E-state index is -2.68. The van der Waals surface area contributed by atoms with Crippen molar-refractivity contribution in [2.24, 2.45) is 5.73 Å². The average molecular weight is 767 g/mol. The number of amides is 1. The van der Waals surface area contributed by atoms with Crippen molar-refractivity contribution in [3.05, 3.63) is 180 Å². The lowest BCUT2D eigenvalue weighted by molar-refractivity contribution is -0.293. The molecule has 0 saturated carbocycles. The molecule has 14 nitrogen and oxygen atoms in total. The molecule has 5 aromatic carbocycles. The maximum Gasteiger partial charge on any atom is 0.338 e. The zero-order chi connectivity index (χ0) is 39.8. The Kier molecular flexibility index (Phi) is 11.2. The molecule has 1 aliphatic heterocycles. The summed E-state index contributed by atoms with van der Waals surface area (Å²) in [5.41, 5.74) is 4.80. The number of ether oxygens (including phenoxy) is 5. The van der Waals surface area contributed by atoms with Crippen LogP contribution in [0.5, 0.6) is 0 Å². The molecule has 0 spiro atoms. The van der Waals surface area contributed by atoms with Crippen molar-refractivity contribution in [2.75, 3.05) is 6.61 Å². The predicted molar refractivity (Wildman–Crippen MR) is 201 cm³/mol. The topological polar surface area (TPSA) is 188 Å². The van der Waals surface area contributed by atoms with E-state index >= 15 is 0 Å². The highest BCUT2D eigenvalue weighted by Crippen LogP contribution is 2.40. The van der Waals surface area contributed by atoms with Gasteiger partial charge in [0.2, 0.25) is 6.10 Å². The first-order valence-corrected chi connectivity index (χ1v) is 17.7. The number of rotatable bonds is 12. The number of primary amides is 1. The second-order valence-corrected chi connectivity index (χ2v) is 12.8. The molecule has 0 unspecified atom stereocenters. The molecule has 5 atom stereocenters. The molecule has 7 rings (SSSR count). The number of nitrogens with two attached hydrogens (primary N) is 1. The van der Waals surface area contributed by atoms with Crippen LogP contribution in [0.3, 0.4) is 0 Å². The molecule has 1 amide bonds. The van der Waals surface area contributed by atoms with Crippen LogP contribution in [0.15, 0.2) is 158 Å². The van der Waals surface area contributed by atoms with E-state index in [1.165, 1.54) is 54.7 Å². The van der Waals surface area contributed by atoms with E-state index in [2.05, 4.69) is 10.3 Å². The van der Waals surface area contributed by atoms with E-state index in [0.29, 0.717) is 5.56 Å². The minimum Gasteiger partial charge on any atom is -0.459 e. The summed E-state index contributed by atoms with van der Waals surface area (Å²) < 4.78 is 31.5. The van der Waals surface area contributed by atoms with Crippen molar-refractivity contribution in [2.45, 2.75) is 30.1 Å². The van der Waals surface area contributed by atoms with E-state index in [9.17, 15) is 24.0 Å². The fraction of sp³-hybridized carbons (Fsp3) is 0.140. The van der Waals surface area contributed by atoms with E-state index < -0.39 is 66.5 Å². The Morgan fingerprint density at radius 2 is 1.00 bits per heavy atom. The first kappa shape index (κ1) is 37.8. The SMILES string of the molecule is NC(=O)[C@@]1(n2cc(-c3ccccc3)nn2)O[C@H](COC(=O)c2ccccc2)[C@@H](OC(=O)c2ccccc2)[C@H](OC(=O)c2ccccc2)[C@H]1OC(=O)c1ccccc1. The molecule has 0 radical (unpaired) electrons. The van der Waals surface area contributed by atoms with Gasteiger partial charge in [-0.3, -0.25) is 4.79 Å². The van der Waals surface area contributed by atoms with Crippen LogP contribution in [0, 0.1) is 0 Å². The van der Waals surface area contributed by atoms with Gasteiger partial charge in [-0.1, -0.05) is 108 Å². The van der Waals surface area contributed by atoms with Crippen molar-refractivity contribution < 1.29 is 47.7 Å². The number of hydrogen-bond acceptors (Lipinski definition) is 12. The summed E-state index contributed by atoms with van der Waals surface area (Å²) in [7, 11) is 0. The summed E-state index contributed by atoms with van der Waals surface area (Å²) in [4.78, 5) is 69.3. The van der Waals surface area contributed by atoms with Gasteiger partial charge in [-0.25, -0.2) is 23.9 Å². The van der Waals surface area contributed by atoms with Gasteiger partial charge < -0.3 is 29.4 Å². The Labute approximate surface area is 325 Å². The van der Waals surface area contributed by atoms with Crippen LogP contribution in [0.1, 0.15) is 41.4 Å². The number of esters is 4. The van der Waals surface area contributed by atoms with Gasteiger partial charge >= 0.3 is 23.9 Å². The first-order valence-electron chi connectivity index (χ1n) is 17.7. The highest BCUT2D eigenvalue weighted by Gasteiger charge is 2.65. The van der Waals surface area contributed by atoms with Gasteiger partial charge in [0.1, 0.15) is 18.4 Å². The molecule has 1 aliphatic rings. The van der Waals surface area contributed by atoms with Crippen LogP contribution >= 0.6 is 0 Å². The summed E-state index contributed by atoms with van der Waals surface area (Å²) in [6, 6.07) is 40.4. The quantitative estimate of drug-likeness (QED) is 0.130. The van der Waals surface area contributed by atoms with Crippen molar-refractivity contribution in [3.63, 3.8) is 0 Å². The molecule has 1 fully saturated rings. The maximum atomic E-state index is 14.2. The fourth-order valence-corrected chi connectivity index (χ4v) is 6.29. The van der Waals surface area contributed by atoms with Gasteiger partial charge in [-0.05, 0) is 48.5 Å². The van der Waals surface area contributed by atoms with Gasteiger partial charge in [0.15, 0.2) is 12.2 Å². The number of nitrogens with zero attached hydrogens (tertiary/aromatic N) is 3. The van der Waals surface area contributed by atoms with Gasteiger partial charge in [0, 0.05) is 5.56 Å². The van der Waals surface area contributed by atoms with Gasteiger partial charge in [0.05, 0.1) is 28.5 Å². The van der Waals surface area contributed by atoms with Crippen molar-refractivity contribution in [3.8, 4) is 11.3 Å². The van der Waals surface area contributed by atoms with Gasteiger partial charge in [-0.15, -0.1) is 5.10 Å². The average Bonchev–Trinajstić information content (AvgIpc) is 3.76. The molecule has 286 valence electrons. The van der Waals surface area contributed by atoms with Crippen molar-refractivity contribution in [1.82, 2.24) is 15.0 Å². The molecule has 6 aromatic rings. The largest absolute Gasteiger partial charge is 0.459 e.